The maximum Gasteiger partial charge on any atom is 0.257 e. The summed E-state index contributed by atoms with van der Waals surface area (Å²) in [5.74, 6) is 1.07. The van der Waals surface area contributed by atoms with E-state index >= 15 is 0 Å². The number of nitrogen functional groups attached to an aromatic ring is 1. The van der Waals surface area contributed by atoms with Gasteiger partial charge >= 0.3 is 0 Å². The molecule has 6 heteroatoms. The number of benzene rings is 1. The Labute approximate surface area is 117 Å². The quantitative estimate of drug-likeness (QED) is 0.746. The SMILES string of the molecule is COc1cc(N)cc(C(=O)Nc2cc(C(C)C)[nH]n2)c1. The first-order valence-corrected chi connectivity index (χ1v) is 6.31. The number of anilines is 2. The third kappa shape index (κ3) is 3.09. The normalized spacial score (nSPS) is 10.6. The first kappa shape index (κ1) is 13.9. The molecular weight excluding hydrogens is 256 g/mol. The molecule has 0 saturated heterocycles. The van der Waals surface area contributed by atoms with Gasteiger partial charge in [0.05, 0.1) is 7.11 Å². The fourth-order valence-electron chi connectivity index (χ4n) is 1.76. The minimum Gasteiger partial charge on any atom is -0.497 e. The van der Waals surface area contributed by atoms with Crippen LogP contribution < -0.4 is 15.8 Å². The molecule has 2 rings (SSSR count). The van der Waals surface area contributed by atoms with Crippen LogP contribution in [0.1, 0.15) is 35.8 Å². The van der Waals surface area contributed by atoms with Crippen molar-refractivity contribution in [3.8, 4) is 5.75 Å². The molecule has 1 aromatic carbocycles. The highest BCUT2D eigenvalue weighted by Crippen LogP contribution is 2.20. The summed E-state index contributed by atoms with van der Waals surface area (Å²) in [6.07, 6.45) is 0. The van der Waals surface area contributed by atoms with Crippen molar-refractivity contribution in [2.75, 3.05) is 18.2 Å². The number of ether oxygens (including phenoxy) is 1. The second kappa shape index (κ2) is 5.64. The van der Waals surface area contributed by atoms with Gasteiger partial charge in [0.25, 0.3) is 5.91 Å². The van der Waals surface area contributed by atoms with Gasteiger partial charge in [-0.05, 0) is 18.1 Å². The van der Waals surface area contributed by atoms with Crippen LogP contribution in [0.5, 0.6) is 5.75 Å². The van der Waals surface area contributed by atoms with E-state index in [4.69, 9.17) is 10.5 Å². The summed E-state index contributed by atoms with van der Waals surface area (Å²) in [4.78, 5) is 12.1. The van der Waals surface area contributed by atoms with E-state index in [-0.39, 0.29) is 5.91 Å². The zero-order valence-corrected chi connectivity index (χ0v) is 11.7. The van der Waals surface area contributed by atoms with E-state index < -0.39 is 0 Å². The van der Waals surface area contributed by atoms with Crippen LogP contribution in [0.3, 0.4) is 0 Å². The van der Waals surface area contributed by atoms with Crippen LogP contribution in [0.4, 0.5) is 11.5 Å². The Morgan fingerprint density at radius 1 is 1.35 bits per heavy atom. The summed E-state index contributed by atoms with van der Waals surface area (Å²) in [7, 11) is 1.53. The van der Waals surface area contributed by atoms with E-state index in [2.05, 4.69) is 15.5 Å². The molecule has 0 aliphatic heterocycles. The maximum absolute atomic E-state index is 12.1. The molecule has 0 fully saturated rings. The topological polar surface area (TPSA) is 93.0 Å². The van der Waals surface area contributed by atoms with Crippen LogP contribution in [-0.4, -0.2) is 23.2 Å². The van der Waals surface area contributed by atoms with Gasteiger partial charge in [0.15, 0.2) is 5.82 Å². The third-order valence-corrected chi connectivity index (χ3v) is 2.89. The van der Waals surface area contributed by atoms with Gasteiger partial charge in [-0.2, -0.15) is 5.10 Å². The van der Waals surface area contributed by atoms with Gasteiger partial charge in [-0.15, -0.1) is 0 Å². The lowest BCUT2D eigenvalue weighted by Gasteiger charge is -2.06. The van der Waals surface area contributed by atoms with Crippen LogP contribution in [0.2, 0.25) is 0 Å². The Kier molecular flexibility index (Phi) is 3.93. The molecule has 6 nitrogen and oxygen atoms in total. The van der Waals surface area contributed by atoms with Gasteiger partial charge in [-0.3, -0.25) is 9.89 Å². The number of nitrogens with two attached hydrogens (primary N) is 1. The smallest absolute Gasteiger partial charge is 0.257 e. The first-order valence-electron chi connectivity index (χ1n) is 6.31. The van der Waals surface area contributed by atoms with Gasteiger partial charge in [0.2, 0.25) is 0 Å². The first-order chi connectivity index (χ1) is 9.49. The lowest BCUT2D eigenvalue weighted by molar-refractivity contribution is 0.102. The number of carbonyl (C=O) groups is 1. The van der Waals surface area contributed by atoms with Gasteiger partial charge < -0.3 is 15.8 Å². The van der Waals surface area contributed by atoms with E-state index in [0.29, 0.717) is 28.7 Å². The fourth-order valence-corrected chi connectivity index (χ4v) is 1.76. The monoisotopic (exact) mass is 274 g/mol. The molecular formula is C14H18N4O2. The number of rotatable bonds is 4. The van der Waals surface area contributed by atoms with Gasteiger partial charge in [0, 0.05) is 29.1 Å². The van der Waals surface area contributed by atoms with Gasteiger partial charge in [0.1, 0.15) is 5.75 Å². The number of aromatic amines is 1. The Morgan fingerprint density at radius 3 is 2.70 bits per heavy atom. The summed E-state index contributed by atoms with van der Waals surface area (Å²) < 4.78 is 5.09. The largest absolute Gasteiger partial charge is 0.497 e. The molecule has 4 N–H and O–H groups in total. The molecule has 0 saturated carbocycles. The molecule has 1 heterocycles. The standard InChI is InChI=1S/C14H18N4O2/c1-8(2)12-7-13(18-17-12)16-14(19)9-4-10(15)6-11(5-9)20-3/h4-8H,15H2,1-3H3,(H2,16,17,18,19). The molecule has 1 aromatic heterocycles. The van der Waals surface area contributed by atoms with Crippen LogP contribution in [-0.2, 0) is 0 Å². The van der Waals surface area contributed by atoms with Crippen molar-refractivity contribution in [3.63, 3.8) is 0 Å². The molecule has 0 aliphatic carbocycles. The molecule has 1 amide bonds. The minimum absolute atomic E-state index is 0.280. The number of methoxy groups -OCH3 is 1. The zero-order chi connectivity index (χ0) is 14.7. The molecule has 20 heavy (non-hydrogen) atoms. The second-order valence-electron chi connectivity index (χ2n) is 4.81. The van der Waals surface area contributed by atoms with E-state index in [9.17, 15) is 4.79 Å². The molecule has 0 aliphatic rings. The number of carbonyl (C=O) groups excluding carboxylic acids is 1. The van der Waals surface area contributed by atoms with Crippen LogP contribution in [0.15, 0.2) is 24.3 Å². The van der Waals surface area contributed by atoms with Crippen molar-refractivity contribution in [1.82, 2.24) is 10.2 Å². The molecule has 0 bridgehead atoms. The highest BCUT2D eigenvalue weighted by Gasteiger charge is 2.11. The van der Waals surface area contributed by atoms with Gasteiger partial charge in [-0.25, -0.2) is 0 Å². The minimum atomic E-state index is -0.280. The van der Waals surface area contributed by atoms with Crippen molar-refractivity contribution in [2.45, 2.75) is 19.8 Å². The second-order valence-corrected chi connectivity index (χ2v) is 4.81. The third-order valence-electron chi connectivity index (χ3n) is 2.89. The Balaban J connectivity index is 2.16. The molecule has 0 unspecified atom stereocenters. The van der Waals surface area contributed by atoms with Crippen molar-refractivity contribution >= 4 is 17.4 Å². The van der Waals surface area contributed by atoms with Crippen molar-refractivity contribution in [1.29, 1.82) is 0 Å². The summed E-state index contributed by atoms with van der Waals surface area (Å²) >= 11 is 0. The molecule has 0 radical (unpaired) electrons. The maximum atomic E-state index is 12.1. The molecule has 106 valence electrons. The predicted molar refractivity (Wildman–Crippen MR) is 78.0 cm³/mol. The highest BCUT2D eigenvalue weighted by molar-refractivity contribution is 6.04. The summed E-state index contributed by atoms with van der Waals surface area (Å²) in [6, 6.07) is 6.68. The van der Waals surface area contributed by atoms with Crippen molar-refractivity contribution in [3.05, 3.63) is 35.5 Å². The average molecular weight is 274 g/mol. The van der Waals surface area contributed by atoms with Crippen LogP contribution in [0, 0.1) is 0 Å². The lowest BCUT2D eigenvalue weighted by Crippen LogP contribution is -2.12. The number of amides is 1. The number of hydrogen-bond donors (Lipinski definition) is 3. The summed E-state index contributed by atoms with van der Waals surface area (Å²) in [5, 5.41) is 9.65. The lowest BCUT2D eigenvalue weighted by atomic mass is 10.1. The zero-order valence-electron chi connectivity index (χ0n) is 11.7. The van der Waals surface area contributed by atoms with E-state index in [0.717, 1.165) is 5.69 Å². The van der Waals surface area contributed by atoms with Crippen LogP contribution in [0.25, 0.3) is 0 Å². The summed E-state index contributed by atoms with van der Waals surface area (Å²) in [6.45, 7) is 4.09. The molecule has 0 atom stereocenters. The number of aromatic nitrogens is 2. The van der Waals surface area contributed by atoms with Crippen molar-refractivity contribution in [2.24, 2.45) is 0 Å². The predicted octanol–water partition coefficient (Wildman–Crippen LogP) is 2.38. The average Bonchev–Trinajstić information content (AvgIpc) is 2.86. The van der Waals surface area contributed by atoms with Gasteiger partial charge in [-0.1, -0.05) is 13.8 Å². The molecule has 2 aromatic rings. The van der Waals surface area contributed by atoms with E-state index in [1.54, 1.807) is 18.2 Å². The number of hydrogen-bond acceptors (Lipinski definition) is 4. The van der Waals surface area contributed by atoms with E-state index in [1.165, 1.54) is 7.11 Å². The number of nitrogens with one attached hydrogen (secondary N) is 2. The van der Waals surface area contributed by atoms with E-state index in [1.807, 2.05) is 19.9 Å². The Bertz CT molecular complexity index is 619. The number of H-pyrrole nitrogens is 1. The molecule has 0 spiro atoms. The van der Waals surface area contributed by atoms with Crippen molar-refractivity contribution < 1.29 is 9.53 Å². The Morgan fingerprint density at radius 2 is 2.10 bits per heavy atom. The van der Waals surface area contributed by atoms with Crippen LogP contribution >= 0.6 is 0 Å². The Hall–Kier alpha value is -2.50. The summed E-state index contributed by atoms with van der Waals surface area (Å²) in [5.41, 5.74) is 7.59. The number of nitrogens with zero attached hydrogens (tertiary/aromatic N) is 1. The fraction of sp³-hybridized carbons (Fsp3) is 0.286. The highest BCUT2D eigenvalue weighted by atomic mass is 16.5.